The fraction of sp³-hybridized carbons (Fsp3) is 0.688. The number of amides is 1. The van der Waals surface area contributed by atoms with Crippen molar-refractivity contribution in [3.63, 3.8) is 0 Å². The Kier molecular flexibility index (Phi) is 6.05. The van der Waals surface area contributed by atoms with Crippen molar-refractivity contribution in [2.45, 2.75) is 39.7 Å². The van der Waals surface area contributed by atoms with Gasteiger partial charge >= 0.3 is 5.97 Å². The van der Waals surface area contributed by atoms with Crippen LogP contribution in [0.5, 0.6) is 0 Å². The van der Waals surface area contributed by atoms with Gasteiger partial charge in [-0.05, 0) is 40.8 Å². The summed E-state index contributed by atoms with van der Waals surface area (Å²) in [6.07, 6.45) is 2.79. The number of rotatable bonds is 5. The summed E-state index contributed by atoms with van der Waals surface area (Å²) in [6, 6.07) is -0.0417. The van der Waals surface area contributed by atoms with Crippen LogP contribution in [0.2, 0.25) is 0 Å². The van der Waals surface area contributed by atoms with Crippen LogP contribution < -0.4 is 0 Å². The third-order valence-electron chi connectivity index (χ3n) is 4.41. The van der Waals surface area contributed by atoms with Gasteiger partial charge in [0.05, 0.1) is 35.4 Å². The smallest absolute Gasteiger partial charge is 0.306 e. The molecule has 0 aromatic carbocycles. The summed E-state index contributed by atoms with van der Waals surface area (Å²) in [6.45, 7) is 6.77. The number of H-pyrrole nitrogens is 1. The normalized spacial score (nSPS) is 22.4. The van der Waals surface area contributed by atoms with Crippen molar-refractivity contribution in [1.29, 1.82) is 0 Å². The van der Waals surface area contributed by atoms with Crippen molar-refractivity contribution in [2.75, 3.05) is 13.7 Å². The molecule has 3 atom stereocenters. The summed E-state index contributed by atoms with van der Waals surface area (Å²) in [7, 11) is 1.36. The summed E-state index contributed by atoms with van der Waals surface area (Å²) in [5.41, 5.74) is 0. The van der Waals surface area contributed by atoms with E-state index in [1.807, 2.05) is 18.7 Å². The van der Waals surface area contributed by atoms with E-state index in [1.54, 1.807) is 6.20 Å². The molecule has 0 spiro atoms. The number of aromatic amines is 1. The average molecular weight is 433 g/mol. The molecule has 1 saturated heterocycles. The largest absolute Gasteiger partial charge is 0.469 e. The Hall–Kier alpha value is -1.12. The summed E-state index contributed by atoms with van der Waals surface area (Å²) in [5.74, 6) is 0.643. The highest BCUT2D eigenvalue weighted by Gasteiger charge is 2.39. The number of imidazole rings is 1. The maximum Gasteiger partial charge on any atom is 0.306 e. The monoisotopic (exact) mass is 433 g/mol. The number of ether oxygens (including phenoxy) is 1. The fourth-order valence-corrected chi connectivity index (χ4v) is 3.53. The van der Waals surface area contributed by atoms with Gasteiger partial charge in [-0.25, -0.2) is 4.98 Å². The van der Waals surface area contributed by atoms with Crippen LogP contribution in [0.4, 0.5) is 0 Å². The van der Waals surface area contributed by atoms with Crippen LogP contribution in [0.15, 0.2) is 6.20 Å². The lowest BCUT2D eigenvalue weighted by molar-refractivity contribution is -0.148. The molecule has 0 aliphatic carbocycles. The van der Waals surface area contributed by atoms with Gasteiger partial charge in [0.25, 0.3) is 0 Å². The van der Waals surface area contributed by atoms with Crippen molar-refractivity contribution in [3.05, 3.63) is 15.7 Å². The quantitative estimate of drug-likeness (QED) is 0.573. The minimum Gasteiger partial charge on any atom is -0.469 e. The Morgan fingerprint density at radius 2 is 2.22 bits per heavy atom. The second-order valence-corrected chi connectivity index (χ2v) is 7.76. The predicted octanol–water partition coefficient (Wildman–Crippen LogP) is 2.76. The van der Waals surface area contributed by atoms with Crippen LogP contribution in [0.1, 0.15) is 45.5 Å². The lowest BCUT2D eigenvalue weighted by Gasteiger charge is -2.29. The van der Waals surface area contributed by atoms with E-state index in [4.69, 9.17) is 4.74 Å². The Morgan fingerprint density at radius 3 is 2.74 bits per heavy atom. The fourth-order valence-electron chi connectivity index (χ4n) is 3.12. The molecule has 1 N–H and O–H groups in total. The number of methoxy groups -OCH3 is 1. The van der Waals surface area contributed by atoms with Gasteiger partial charge in [-0.3, -0.25) is 9.59 Å². The van der Waals surface area contributed by atoms with E-state index in [9.17, 15) is 9.59 Å². The van der Waals surface area contributed by atoms with Crippen molar-refractivity contribution in [3.8, 4) is 0 Å². The van der Waals surface area contributed by atoms with E-state index < -0.39 is 0 Å². The van der Waals surface area contributed by atoms with Gasteiger partial charge in [-0.15, -0.1) is 0 Å². The number of nitrogens with one attached hydrogen (secondary N) is 1. The Labute approximate surface area is 150 Å². The van der Waals surface area contributed by atoms with Gasteiger partial charge in [-0.2, -0.15) is 0 Å². The molecule has 2 heterocycles. The van der Waals surface area contributed by atoms with Crippen LogP contribution in [0.25, 0.3) is 0 Å². The minimum absolute atomic E-state index is 0.0196. The maximum atomic E-state index is 13.0. The summed E-state index contributed by atoms with van der Waals surface area (Å²) in [5, 5.41) is 0. The summed E-state index contributed by atoms with van der Waals surface area (Å²) in [4.78, 5) is 34.2. The van der Waals surface area contributed by atoms with Crippen LogP contribution in [-0.2, 0) is 14.3 Å². The van der Waals surface area contributed by atoms with Gasteiger partial charge < -0.3 is 14.6 Å². The molecule has 0 bridgehead atoms. The Balaban J connectivity index is 2.21. The highest BCUT2D eigenvalue weighted by Crippen LogP contribution is 2.36. The minimum atomic E-state index is -0.357. The van der Waals surface area contributed by atoms with Gasteiger partial charge in [0.1, 0.15) is 5.82 Å². The van der Waals surface area contributed by atoms with Crippen molar-refractivity contribution in [1.82, 2.24) is 14.9 Å². The second kappa shape index (κ2) is 7.63. The van der Waals surface area contributed by atoms with E-state index >= 15 is 0 Å². The van der Waals surface area contributed by atoms with E-state index in [2.05, 4.69) is 39.5 Å². The van der Waals surface area contributed by atoms with Gasteiger partial charge in [-0.1, -0.05) is 20.8 Å². The second-order valence-electron chi connectivity index (χ2n) is 6.59. The number of esters is 1. The van der Waals surface area contributed by atoms with Gasteiger partial charge in [0, 0.05) is 6.54 Å². The molecule has 2 rings (SSSR count). The van der Waals surface area contributed by atoms with Gasteiger partial charge in [0.15, 0.2) is 0 Å². The highest BCUT2D eigenvalue weighted by molar-refractivity contribution is 14.1. The zero-order chi connectivity index (χ0) is 17.1. The molecular weight excluding hydrogens is 409 g/mol. The molecule has 0 saturated carbocycles. The van der Waals surface area contributed by atoms with Crippen molar-refractivity contribution >= 4 is 34.5 Å². The lowest BCUT2D eigenvalue weighted by atomic mass is 9.91. The Bertz CT molecular complexity index is 573. The number of halogens is 1. The van der Waals surface area contributed by atoms with Crippen LogP contribution in [-0.4, -0.2) is 40.4 Å². The predicted molar refractivity (Wildman–Crippen MR) is 94.5 cm³/mol. The van der Waals surface area contributed by atoms with Crippen LogP contribution in [0, 0.1) is 21.5 Å². The van der Waals surface area contributed by atoms with Crippen LogP contribution in [0.3, 0.4) is 0 Å². The molecule has 0 radical (unpaired) electrons. The number of hydrogen-bond donors (Lipinski definition) is 1. The number of nitrogens with zero attached hydrogens (tertiary/aromatic N) is 2. The SMILES string of the molecule is COC(=O)C[C@H](C(=O)N1C[C@H](C)C[C@H]1c1ncc(I)[nH]1)C(C)C. The van der Waals surface area contributed by atoms with Crippen LogP contribution >= 0.6 is 22.6 Å². The highest BCUT2D eigenvalue weighted by atomic mass is 127. The summed E-state index contributed by atoms with van der Waals surface area (Å²) < 4.78 is 5.71. The van der Waals surface area contributed by atoms with Crippen molar-refractivity contribution < 1.29 is 14.3 Å². The molecule has 23 heavy (non-hydrogen) atoms. The number of aromatic nitrogens is 2. The molecule has 1 aromatic rings. The zero-order valence-corrected chi connectivity index (χ0v) is 16.2. The zero-order valence-electron chi connectivity index (χ0n) is 14.0. The third kappa shape index (κ3) is 4.24. The van der Waals surface area contributed by atoms with E-state index in [1.165, 1.54) is 7.11 Å². The molecular formula is C16H24IN3O3. The molecule has 128 valence electrons. The first-order chi connectivity index (χ1) is 10.8. The molecule has 1 aliphatic heterocycles. The molecule has 1 aromatic heterocycles. The maximum absolute atomic E-state index is 13.0. The molecule has 1 aliphatic rings. The molecule has 1 amide bonds. The topological polar surface area (TPSA) is 75.3 Å². The Morgan fingerprint density at radius 1 is 1.52 bits per heavy atom. The summed E-state index contributed by atoms with van der Waals surface area (Å²) >= 11 is 2.18. The van der Waals surface area contributed by atoms with Gasteiger partial charge in [0.2, 0.25) is 5.91 Å². The first-order valence-corrected chi connectivity index (χ1v) is 8.99. The number of likely N-dealkylation sites (tertiary alicyclic amines) is 1. The van der Waals surface area contributed by atoms with E-state index in [-0.39, 0.29) is 36.2 Å². The third-order valence-corrected chi connectivity index (χ3v) is 4.96. The first-order valence-electron chi connectivity index (χ1n) is 7.91. The molecule has 6 nitrogen and oxygen atoms in total. The molecule has 1 fully saturated rings. The number of hydrogen-bond acceptors (Lipinski definition) is 4. The average Bonchev–Trinajstić information content (AvgIpc) is 3.09. The number of carbonyl (C=O) groups excluding carboxylic acids is 2. The lowest BCUT2D eigenvalue weighted by Crippen LogP contribution is -2.39. The molecule has 7 heteroatoms. The van der Waals surface area contributed by atoms with E-state index in [0.717, 1.165) is 15.9 Å². The number of carbonyl (C=O) groups is 2. The molecule has 0 unspecified atom stereocenters. The first kappa shape index (κ1) is 18.2. The van der Waals surface area contributed by atoms with Crippen molar-refractivity contribution in [2.24, 2.45) is 17.8 Å². The van der Waals surface area contributed by atoms with E-state index in [0.29, 0.717) is 12.5 Å². The standard InChI is InChI=1S/C16H24IN3O3/c1-9(2)11(6-14(21)23-4)16(22)20-8-10(3)5-12(20)15-18-7-13(17)19-15/h7,9-12H,5-6,8H2,1-4H3,(H,18,19)/t10-,11+,12+/m1/s1.